The van der Waals surface area contributed by atoms with E-state index in [9.17, 15) is 57.5 Å². The summed E-state index contributed by atoms with van der Waals surface area (Å²) in [4.78, 5) is 149. The van der Waals surface area contributed by atoms with Crippen molar-refractivity contribution >= 4 is 35.8 Å². The molecule has 0 amide bonds. The summed E-state index contributed by atoms with van der Waals surface area (Å²) in [6, 6.07) is 0. The molecule has 8 rings (SSSR count). The van der Waals surface area contributed by atoms with E-state index in [4.69, 9.17) is 56.8 Å². The maximum atomic E-state index is 12.9. The predicted octanol–water partition coefficient (Wildman–Crippen LogP) is -6.83. The number of carbonyl (C=O) groups is 6. The van der Waals surface area contributed by atoms with Crippen LogP contribution in [0.5, 0.6) is 0 Å². The maximum absolute atomic E-state index is 12.9. The number of ether oxygens (including phenoxy) is 12. The zero-order chi connectivity index (χ0) is 49.2. The van der Waals surface area contributed by atoms with Crippen LogP contribution in [-0.2, 0) is 125 Å². The van der Waals surface area contributed by atoms with Gasteiger partial charge in [0.25, 0.3) is 0 Å². The van der Waals surface area contributed by atoms with Crippen LogP contribution in [0.3, 0.4) is 0 Å². The van der Waals surface area contributed by atoms with Gasteiger partial charge in [0.15, 0.2) is 0 Å². The zero-order valence-electron chi connectivity index (χ0n) is 36.8. The number of aromatic nitrogens is 6. The van der Waals surface area contributed by atoms with Crippen molar-refractivity contribution in [3.05, 3.63) is 62.9 Å². The zero-order valence-corrected chi connectivity index (χ0v) is 36.8. The van der Waals surface area contributed by atoms with Gasteiger partial charge in [0, 0.05) is 19.6 Å². The molecule has 0 aliphatic carbocycles. The second kappa shape index (κ2) is 23.1. The first-order valence-electron chi connectivity index (χ1n) is 21.7. The molecule has 6 aliphatic rings. The van der Waals surface area contributed by atoms with Gasteiger partial charge in [-0.25, -0.2) is 56.2 Å². The standard InChI is InChI=1S/C21H27N3O12.C18H21N3O12/c25-16(34-10-13-7-31-13)1-4-22-19(28)23(5-2-17(26)35-11-14-8-32-14)21(30)24(20(22)29)6-3-18(27)36-12-15-9-33-15;22-13(31-7-10-4-28-10)1-19-16(25)20(2-14(23)32-8-11-5-29-11)18(27)21(17(19)26)3-15(24)33-9-12-6-30-12/h13-15H,1-12H2;10-12H,1-9H2. The van der Waals surface area contributed by atoms with Crippen LogP contribution in [0, 0.1) is 0 Å². The highest BCUT2D eigenvalue weighted by Crippen LogP contribution is 2.12. The highest BCUT2D eigenvalue weighted by atomic mass is 16.6. The van der Waals surface area contributed by atoms with E-state index in [1.54, 1.807) is 0 Å². The van der Waals surface area contributed by atoms with Gasteiger partial charge in [0.1, 0.15) is 95.9 Å². The van der Waals surface area contributed by atoms with E-state index in [-0.39, 0.29) is 115 Å². The average Bonchev–Trinajstić information content (AvgIpc) is 4.10. The van der Waals surface area contributed by atoms with Gasteiger partial charge in [-0.1, -0.05) is 0 Å². The van der Waals surface area contributed by atoms with Gasteiger partial charge in [-0.2, -0.15) is 0 Å². The average molecular weight is 985 g/mol. The third kappa shape index (κ3) is 16.0. The van der Waals surface area contributed by atoms with Crippen molar-refractivity contribution in [3.63, 3.8) is 0 Å². The molecule has 6 unspecified atom stereocenters. The van der Waals surface area contributed by atoms with Crippen LogP contribution in [0.2, 0.25) is 0 Å². The summed E-state index contributed by atoms with van der Waals surface area (Å²) in [5, 5.41) is 0. The van der Waals surface area contributed by atoms with Crippen molar-refractivity contribution < 1.29 is 85.6 Å². The van der Waals surface area contributed by atoms with Crippen molar-refractivity contribution in [1.82, 2.24) is 27.4 Å². The van der Waals surface area contributed by atoms with Crippen LogP contribution in [0.15, 0.2) is 28.8 Å². The van der Waals surface area contributed by atoms with Gasteiger partial charge in [0.2, 0.25) is 0 Å². The van der Waals surface area contributed by atoms with E-state index in [0.29, 0.717) is 67.0 Å². The Bertz CT molecular complexity index is 2280. The van der Waals surface area contributed by atoms with Gasteiger partial charge in [0.05, 0.1) is 58.9 Å². The van der Waals surface area contributed by atoms with Gasteiger partial charge in [-0.3, -0.25) is 28.8 Å². The van der Waals surface area contributed by atoms with E-state index in [0.717, 1.165) is 0 Å². The molecule has 0 bridgehead atoms. The summed E-state index contributed by atoms with van der Waals surface area (Å²) >= 11 is 0. The van der Waals surface area contributed by atoms with Crippen LogP contribution < -0.4 is 34.1 Å². The molecule has 0 N–H and O–H groups in total. The second-order valence-electron chi connectivity index (χ2n) is 16.0. The number of esters is 6. The highest BCUT2D eigenvalue weighted by Gasteiger charge is 2.30. The Morgan fingerprint density at radius 3 is 0.681 bits per heavy atom. The number of hydrogen-bond donors (Lipinski definition) is 0. The minimum Gasteiger partial charge on any atom is -0.463 e. The second-order valence-corrected chi connectivity index (χ2v) is 16.0. The fraction of sp³-hybridized carbons (Fsp3) is 0.692. The molecule has 30 heteroatoms. The molecule has 0 saturated carbocycles. The quantitative estimate of drug-likeness (QED) is 0.0456. The lowest BCUT2D eigenvalue weighted by molar-refractivity contribution is -0.146. The summed E-state index contributed by atoms with van der Waals surface area (Å²) in [6.07, 6.45) is -2.10. The molecule has 2 aromatic heterocycles. The minimum absolute atomic E-state index is 0.0630. The lowest BCUT2D eigenvalue weighted by atomic mass is 10.4. The maximum Gasteiger partial charge on any atom is 0.337 e. The number of epoxide rings is 6. The third-order valence-corrected chi connectivity index (χ3v) is 10.2. The molecule has 6 saturated heterocycles. The molecule has 6 atom stereocenters. The molecule has 8 heterocycles. The smallest absolute Gasteiger partial charge is 0.337 e. The van der Waals surface area contributed by atoms with Crippen molar-refractivity contribution in [1.29, 1.82) is 0 Å². The van der Waals surface area contributed by atoms with E-state index < -0.39 is 89.6 Å². The number of nitrogens with zero attached hydrogens (tertiary/aromatic N) is 6. The predicted molar refractivity (Wildman–Crippen MR) is 216 cm³/mol. The Labute approximate surface area is 385 Å². The van der Waals surface area contributed by atoms with Crippen molar-refractivity contribution in [2.45, 2.75) is 95.2 Å². The van der Waals surface area contributed by atoms with Crippen molar-refractivity contribution in [3.8, 4) is 0 Å². The molecule has 69 heavy (non-hydrogen) atoms. The Morgan fingerprint density at radius 2 is 0.493 bits per heavy atom. The first-order valence-corrected chi connectivity index (χ1v) is 21.7. The topological polar surface area (TPSA) is 365 Å². The Morgan fingerprint density at radius 1 is 0.319 bits per heavy atom. The summed E-state index contributed by atoms with van der Waals surface area (Å²) in [7, 11) is 0. The number of hydrogen-bond acceptors (Lipinski definition) is 24. The first-order chi connectivity index (χ1) is 33.1. The van der Waals surface area contributed by atoms with Gasteiger partial charge < -0.3 is 56.8 Å². The number of rotatable bonds is 27. The van der Waals surface area contributed by atoms with E-state index in [1.807, 2.05) is 0 Å². The van der Waals surface area contributed by atoms with E-state index in [2.05, 4.69) is 0 Å². The highest BCUT2D eigenvalue weighted by molar-refractivity contribution is 5.71. The van der Waals surface area contributed by atoms with E-state index in [1.165, 1.54) is 0 Å². The number of carbonyl (C=O) groups excluding carboxylic acids is 6. The van der Waals surface area contributed by atoms with Crippen LogP contribution in [0.1, 0.15) is 19.3 Å². The van der Waals surface area contributed by atoms with Crippen LogP contribution >= 0.6 is 0 Å². The fourth-order valence-electron chi connectivity index (χ4n) is 5.80. The van der Waals surface area contributed by atoms with Crippen molar-refractivity contribution in [2.24, 2.45) is 0 Å². The minimum atomic E-state index is -1.24. The SMILES string of the molecule is O=C(CCn1c(=O)n(CCC(=O)OCC2CO2)c(=O)n(CCC(=O)OCC2CO2)c1=O)OCC1CO1.O=C(Cn1c(=O)n(CC(=O)OCC2CO2)c(=O)n(CC(=O)OCC2CO2)c1=O)OCC1CO1. The Kier molecular flexibility index (Phi) is 16.9. The molecule has 0 radical (unpaired) electrons. The third-order valence-electron chi connectivity index (χ3n) is 10.2. The monoisotopic (exact) mass is 984 g/mol. The molecule has 6 aliphatic heterocycles. The van der Waals surface area contributed by atoms with Gasteiger partial charge in [-0.15, -0.1) is 0 Å². The molecule has 6 fully saturated rings. The molecular formula is C39H48N6O24. The summed E-state index contributed by atoms with van der Waals surface area (Å²) < 4.78 is 62.7. The van der Waals surface area contributed by atoms with Crippen LogP contribution in [0.25, 0.3) is 0 Å². The normalized spacial score (nSPS) is 21.9. The van der Waals surface area contributed by atoms with E-state index >= 15 is 0 Å². The molecule has 378 valence electrons. The molecule has 2 aromatic rings. The lowest BCUT2D eigenvalue weighted by Crippen LogP contribution is -2.56. The largest absolute Gasteiger partial charge is 0.463 e. The molecule has 30 nitrogen and oxygen atoms in total. The van der Waals surface area contributed by atoms with Gasteiger partial charge >= 0.3 is 70.0 Å². The summed E-state index contributed by atoms with van der Waals surface area (Å²) in [6.45, 7) is -0.865. The molecule has 0 spiro atoms. The first kappa shape index (κ1) is 50.3. The molecular weight excluding hydrogens is 936 g/mol. The van der Waals surface area contributed by atoms with Crippen LogP contribution in [0.4, 0.5) is 0 Å². The van der Waals surface area contributed by atoms with Crippen LogP contribution in [-0.4, -0.2) is 179 Å². The molecule has 0 aromatic carbocycles. The summed E-state index contributed by atoms with van der Waals surface area (Å²) in [5.41, 5.74) is -6.69. The Balaban J connectivity index is 0.000000205. The van der Waals surface area contributed by atoms with Crippen molar-refractivity contribution in [2.75, 3.05) is 79.3 Å². The fourth-order valence-corrected chi connectivity index (χ4v) is 5.80. The Hall–Kier alpha value is -6.60. The van der Waals surface area contributed by atoms with Gasteiger partial charge in [-0.05, 0) is 0 Å². The lowest BCUT2D eigenvalue weighted by Gasteiger charge is -2.14. The summed E-state index contributed by atoms with van der Waals surface area (Å²) in [5.74, 6) is -4.79.